The maximum Gasteiger partial charge on any atom is 0.343 e. The van der Waals surface area contributed by atoms with Crippen molar-refractivity contribution in [1.82, 2.24) is 0 Å². The minimum absolute atomic E-state index is 0.209. The van der Waals surface area contributed by atoms with Crippen molar-refractivity contribution >= 4 is 5.97 Å². The minimum atomic E-state index is -0.524. The minimum Gasteiger partial charge on any atom is -0.465 e. The van der Waals surface area contributed by atoms with Gasteiger partial charge < -0.3 is 23.7 Å². The number of rotatable bonds is 12. The first-order chi connectivity index (χ1) is 20.5. The fourth-order valence-corrected chi connectivity index (χ4v) is 5.02. The maximum absolute atomic E-state index is 12.4. The number of hydrogen-bond donors (Lipinski definition) is 0. The maximum atomic E-state index is 12.4. The normalized spacial score (nSPS) is 20.3. The van der Waals surface area contributed by atoms with Gasteiger partial charge >= 0.3 is 5.97 Å². The van der Waals surface area contributed by atoms with Crippen LogP contribution in [0.3, 0.4) is 0 Å². The fraction of sp³-hybridized carbons (Fsp3) is 0.306. The van der Waals surface area contributed by atoms with Crippen LogP contribution >= 0.6 is 0 Å². The van der Waals surface area contributed by atoms with Crippen LogP contribution in [0, 0.1) is 5.92 Å². The van der Waals surface area contributed by atoms with Crippen molar-refractivity contribution < 1.29 is 28.5 Å². The molecule has 5 rings (SSSR count). The summed E-state index contributed by atoms with van der Waals surface area (Å²) < 4.78 is 31.4. The number of carbonyl (C=O) groups is 1. The number of esters is 1. The molecule has 0 saturated carbocycles. The summed E-state index contributed by atoms with van der Waals surface area (Å²) in [5.74, 6) is 1.05. The second kappa shape index (κ2) is 14.8. The van der Waals surface area contributed by atoms with Gasteiger partial charge in [-0.1, -0.05) is 92.7 Å². The lowest BCUT2D eigenvalue weighted by molar-refractivity contribution is -0.250. The van der Waals surface area contributed by atoms with Gasteiger partial charge in [0.2, 0.25) is 6.29 Å². The van der Waals surface area contributed by atoms with E-state index in [0.717, 1.165) is 17.5 Å². The van der Waals surface area contributed by atoms with Crippen LogP contribution < -0.4 is 9.47 Å². The van der Waals surface area contributed by atoms with Gasteiger partial charge in [-0.3, -0.25) is 0 Å². The molecular formula is C36H38O6. The van der Waals surface area contributed by atoms with E-state index in [2.05, 4.69) is 38.1 Å². The van der Waals surface area contributed by atoms with Crippen LogP contribution in [-0.2, 0) is 27.4 Å². The molecule has 1 saturated heterocycles. The lowest BCUT2D eigenvalue weighted by Crippen LogP contribution is -2.52. The number of ether oxygens (including phenoxy) is 5. The van der Waals surface area contributed by atoms with Crippen LogP contribution in [0.4, 0.5) is 0 Å². The molecule has 1 fully saturated rings. The molecule has 4 aromatic rings. The zero-order valence-electron chi connectivity index (χ0n) is 24.1. The Bertz CT molecular complexity index is 1360. The van der Waals surface area contributed by atoms with E-state index in [0.29, 0.717) is 42.6 Å². The van der Waals surface area contributed by atoms with Crippen molar-refractivity contribution in [2.75, 3.05) is 0 Å². The highest BCUT2D eigenvalue weighted by Gasteiger charge is 2.41. The molecule has 6 heteroatoms. The quantitative estimate of drug-likeness (QED) is 0.130. The van der Waals surface area contributed by atoms with Gasteiger partial charge in [0.25, 0.3) is 0 Å². The second-order valence-corrected chi connectivity index (χ2v) is 10.9. The van der Waals surface area contributed by atoms with Gasteiger partial charge in [-0.25, -0.2) is 4.79 Å². The number of hydrogen-bond acceptors (Lipinski definition) is 6. The van der Waals surface area contributed by atoms with E-state index in [9.17, 15) is 4.79 Å². The van der Waals surface area contributed by atoms with Crippen LogP contribution in [0.5, 0.6) is 11.5 Å². The predicted molar refractivity (Wildman–Crippen MR) is 161 cm³/mol. The van der Waals surface area contributed by atoms with E-state index in [1.54, 1.807) is 48.5 Å². The Morgan fingerprint density at radius 2 is 1.29 bits per heavy atom. The smallest absolute Gasteiger partial charge is 0.343 e. The Morgan fingerprint density at radius 3 is 1.88 bits per heavy atom. The van der Waals surface area contributed by atoms with Crippen molar-refractivity contribution in [2.24, 2.45) is 5.92 Å². The van der Waals surface area contributed by atoms with Gasteiger partial charge in [0, 0.05) is 6.42 Å². The molecule has 1 aliphatic rings. The molecular weight excluding hydrogens is 528 g/mol. The molecule has 0 bridgehead atoms. The first-order valence-electron chi connectivity index (χ1n) is 14.5. The van der Waals surface area contributed by atoms with E-state index >= 15 is 0 Å². The molecule has 0 aromatic heterocycles. The van der Waals surface area contributed by atoms with Crippen molar-refractivity contribution in [3.05, 3.63) is 132 Å². The van der Waals surface area contributed by atoms with E-state index < -0.39 is 12.3 Å². The van der Waals surface area contributed by atoms with Gasteiger partial charge in [0.15, 0.2) is 0 Å². The van der Waals surface area contributed by atoms with E-state index in [1.165, 1.54) is 0 Å². The van der Waals surface area contributed by atoms with Crippen LogP contribution in [0.15, 0.2) is 115 Å². The zero-order valence-corrected chi connectivity index (χ0v) is 24.1. The van der Waals surface area contributed by atoms with Gasteiger partial charge in [-0.15, -0.1) is 0 Å². The summed E-state index contributed by atoms with van der Waals surface area (Å²) in [4.78, 5) is 12.4. The van der Waals surface area contributed by atoms with Gasteiger partial charge in [0.05, 0.1) is 31.0 Å². The summed E-state index contributed by atoms with van der Waals surface area (Å²) in [5.41, 5.74) is 2.70. The fourth-order valence-electron chi connectivity index (χ4n) is 5.02. The molecule has 1 aliphatic heterocycles. The SMILES string of the molecule is CC(C)CC1OC(Oc2ccc(OC(=O)c3ccccc3)cc2)CC(OCc2ccccc2)C1OCc1ccccc1. The monoisotopic (exact) mass is 566 g/mol. The molecule has 4 unspecified atom stereocenters. The Morgan fingerprint density at radius 1 is 0.738 bits per heavy atom. The van der Waals surface area contributed by atoms with Crippen molar-refractivity contribution in [2.45, 2.75) is 64.5 Å². The molecule has 0 N–H and O–H groups in total. The van der Waals surface area contributed by atoms with Gasteiger partial charge in [-0.2, -0.15) is 0 Å². The largest absolute Gasteiger partial charge is 0.465 e. The predicted octanol–water partition coefficient (Wildman–Crippen LogP) is 7.62. The third-order valence-electron chi connectivity index (χ3n) is 7.09. The van der Waals surface area contributed by atoms with Crippen molar-refractivity contribution in [1.29, 1.82) is 0 Å². The van der Waals surface area contributed by atoms with Gasteiger partial charge in [0.1, 0.15) is 17.6 Å². The average molecular weight is 567 g/mol. The average Bonchev–Trinajstić information content (AvgIpc) is 3.01. The Labute approximate surface area is 248 Å². The second-order valence-electron chi connectivity index (χ2n) is 10.9. The summed E-state index contributed by atoms with van der Waals surface area (Å²) >= 11 is 0. The molecule has 218 valence electrons. The molecule has 0 amide bonds. The Kier molecular flexibility index (Phi) is 10.4. The standard InChI is InChI=1S/C36H38O6/c1-26(2)22-33-35(39-25-28-14-8-4-9-15-28)32(38-24-27-12-6-3-7-13-27)23-34(42-33)40-30-18-20-31(21-19-30)41-36(37)29-16-10-5-11-17-29/h3-21,26,32-35H,22-25H2,1-2H3. The third-order valence-corrected chi connectivity index (χ3v) is 7.09. The Balaban J connectivity index is 1.28. The molecule has 1 heterocycles. The molecule has 42 heavy (non-hydrogen) atoms. The summed E-state index contributed by atoms with van der Waals surface area (Å²) in [6.07, 6.45) is 0.0893. The summed E-state index contributed by atoms with van der Waals surface area (Å²) in [6, 6.07) is 36.2. The summed E-state index contributed by atoms with van der Waals surface area (Å²) in [7, 11) is 0. The molecule has 0 spiro atoms. The summed E-state index contributed by atoms with van der Waals surface area (Å²) in [6.45, 7) is 5.30. The lowest BCUT2D eigenvalue weighted by atomic mass is 9.94. The van der Waals surface area contributed by atoms with Crippen molar-refractivity contribution in [3.8, 4) is 11.5 Å². The topological polar surface area (TPSA) is 63.2 Å². The third kappa shape index (κ3) is 8.52. The highest BCUT2D eigenvalue weighted by molar-refractivity contribution is 5.90. The van der Waals surface area contributed by atoms with Crippen LogP contribution in [0.2, 0.25) is 0 Å². The van der Waals surface area contributed by atoms with E-state index in [1.807, 2.05) is 42.5 Å². The molecule has 4 aromatic carbocycles. The first kappa shape index (κ1) is 29.5. The first-order valence-corrected chi connectivity index (χ1v) is 14.5. The molecule has 0 radical (unpaired) electrons. The van der Waals surface area contributed by atoms with Gasteiger partial charge in [-0.05, 0) is 59.9 Å². The number of benzene rings is 4. The zero-order chi connectivity index (χ0) is 29.1. The highest BCUT2D eigenvalue weighted by atomic mass is 16.7. The number of carbonyl (C=O) groups excluding carboxylic acids is 1. The van der Waals surface area contributed by atoms with Crippen molar-refractivity contribution in [3.63, 3.8) is 0 Å². The van der Waals surface area contributed by atoms with E-state index in [-0.39, 0.29) is 18.3 Å². The van der Waals surface area contributed by atoms with Crippen LogP contribution in [0.25, 0.3) is 0 Å². The Hall–Kier alpha value is -3.97. The van der Waals surface area contributed by atoms with E-state index in [4.69, 9.17) is 23.7 Å². The lowest BCUT2D eigenvalue weighted by Gasteiger charge is -2.42. The summed E-state index contributed by atoms with van der Waals surface area (Å²) in [5, 5.41) is 0. The molecule has 6 nitrogen and oxygen atoms in total. The van der Waals surface area contributed by atoms with Crippen LogP contribution in [0.1, 0.15) is 48.2 Å². The van der Waals surface area contributed by atoms with Crippen LogP contribution in [-0.4, -0.2) is 30.6 Å². The highest BCUT2D eigenvalue weighted by Crippen LogP contribution is 2.32. The molecule has 4 atom stereocenters. The molecule has 0 aliphatic carbocycles.